The third-order valence-electron chi connectivity index (χ3n) is 6.20. The molecule has 0 aliphatic carbocycles. The molecular weight excluding hydrogens is 470 g/mol. The Balaban J connectivity index is 1.57. The van der Waals surface area contributed by atoms with E-state index in [0.29, 0.717) is 30.2 Å². The Kier molecular flexibility index (Phi) is 6.27. The third-order valence-corrected chi connectivity index (χ3v) is 6.20. The SMILES string of the molecule is COC(=O)N1CCOC(Cc2c(-c3c(F)cc(-c4ccc(O)cn4)cc3F)nc3cc(C)ccn23)C1. The molecule has 0 spiro atoms. The number of aromatic nitrogens is 3. The van der Waals surface area contributed by atoms with Crippen LogP contribution in [0.15, 0.2) is 48.8 Å². The average molecular weight is 494 g/mol. The van der Waals surface area contributed by atoms with Gasteiger partial charge in [-0.3, -0.25) is 4.98 Å². The fourth-order valence-electron chi connectivity index (χ4n) is 4.45. The van der Waals surface area contributed by atoms with Crippen molar-refractivity contribution < 1.29 is 28.2 Å². The number of ether oxygens (including phenoxy) is 2. The molecule has 1 unspecified atom stereocenters. The second-order valence-electron chi connectivity index (χ2n) is 8.67. The summed E-state index contributed by atoms with van der Waals surface area (Å²) in [6, 6.07) is 9.00. The van der Waals surface area contributed by atoms with Crippen LogP contribution in [-0.2, 0) is 15.9 Å². The maximum absolute atomic E-state index is 15.5. The monoisotopic (exact) mass is 494 g/mol. The van der Waals surface area contributed by atoms with Crippen LogP contribution >= 0.6 is 0 Å². The summed E-state index contributed by atoms with van der Waals surface area (Å²) in [5.41, 5.74) is 2.53. The predicted molar refractivity (Wildman–Crippen MR) is 128 cm³/mol. The van der Waals surface area contributed by atoms with Crippen LogP contribution < -0.4 is 0 Å². The van der Waals surface area contributed by atoms with E-state index in [1.54, 1.807) is 9.30 Å². The number of hydrogen-bond donors (Lipinski definition) is 1. The van der Waals surface area contributed by atoms with Crippen LogP contribution in [0.2, 0.25) is 0 Å². The van der Waals surface area contributed by atoms with E-state index in [1.165, 1.54) is 37.6 Å². The summed E-state index contributed by atoms with van der Waals surface area (Å²) in [5.74, 6) is -1.62. The average Bonchev–Trinajstić information content (AvgIpc) is 3.20. The number of benzene rings is 1. The molecule has 1 aliphatic rings. The third kappa shape index (κ3) is 4.47. The van der Waals surface area contributed by atoms with Gasteiger partial charge in [0.05, 0.1) is 55.2 Å². The Morgan fingerprint density at radius 1 is 1.22 bits per heavy atom. The van der Waals surface area contributed by atoms with Crippen molar-refractivity contribution in [1.29, 1.82) is 0 Å². The number of morpholine rings is 1. The molecule has 1 N–H and O–H groups in total. The smallest absolute Gasteiger partial charge is 0.409 e. The molecule has 1 aliphatic heterocycles. The van der Waals surface area contributed by atoms with Crippen molar-refractivity contribution in [2.45, 2.75) is 19.4 Å². The molecule has 186 valence electrons. The zero-order valence-corrected chi connectivity index (χ0v) is 19.7. The summed E-state index contributed by atoms with van der Waals surface area (Å²) in [6.07, 6.45) is 2.43. The molecule has 36 heavy (non-hydrogen) atoms. The van der Waals surface area contributed by atoms with Gasteiger partial charge in [0.25, 0.3) is 0 Å². The highest BCUT2D eigenvalue weighted by molar-refractivity contribution is 5.72. The van der Waals surface area contributed by atoms with Crippen molar-refractivity contribution in [2.75, 3.05) is 26.8 Å². The molecule has 8 nitrogen and oxygen atoms in total. The van der Waals surface area contributed by atoms with Crippen molar-refractivity contribution in [3.05, 3.63) is 71.7 Å². The molecular formula is C26H24F2N4O4. The number of carbonyl (C=O) groups is 1. The van der Waals surface area contributed by atoms with Gasteiger partial charge in [-0.15, -0.1) is 0 Å². The Morgan fingerprint density at radius 2 is 2.00 bits per heavy atom. The van der Waals surface area contributed by atoms with E-state index in [0.717, 1.165) is 5.56 Å². The second-order valence-corrected chi connectivity index (χ2v) is 8.67. The number of carbonyl (C=O) groups excluding carboxylic acids is 1. The Morgan fingerprint density at radius 3 is 2.69 bits per heavy atom. The van der Waals surface area contributed by atoms with Gasteiger partial charge >= 0.3 is 6.09 Å². The molecule has 1 fully saturated rings. The number of aryl methyl sites for hydroxylation is 1. The van der Waals surface area contributed by atoms with Gasteiger partial charge in [-0.05, 0) is 48.9 Å². The summed E-state index contributed by atoms with van der Waals surface area (Å²) in [6.45, 7) is 2.91. The van der Waals surface area contributed by atoms with Crippen LogP contribution in [-0.4, -0.2) is 63.4 Å². The van der Waals surface area contributed by atoms with Gasteiger partial charge in [0, 0.05) is 24.7 Å². The number of fused-ring (bicyclic) bond motifs is 1. The fourth-order valence-corrected chi connectivity index (χ4v) is 4.45. The first kappa shape index (κ1) is 23.7. The van der Waals surface area contributed by atoms with Crippen LogP contribution in [0.3, 0.4) is 0 Å². The lowest BCUT2D eigenvalue weighted by molar-refractivity contribution is -0.0241. The van der Waals surface area contributed by atoms with E-state index >= 15 is 8.78 Å². The predicted octanol–water partition coefficient (Wildman–Crippen LogP) is 4.37. The minimum atomic E-state index is -0.790. The van der Waals surface area contributed by atoms with Crippen LogP contribution in [0.25, 0.3) is 28.2 Å². The number of nitrogens with zero attached hydrogens (tertiary/aromatic N) is 4. The standard InChI is InChI=1S/C26H24F2N4O4/c1-15-5-6-32-22(12-18-14-31(7-8-36-18)26(34)35-2)25(30-23(32)9-15)24-19(27)10-16(11-20(24)28)21-4-3-17(33)13-29-21/h3-6,9-11,13,18,33H,7-8,12,14H2,1-2H3. The van der Waals surface area contributed by atoms with Crippen LogP contribution in [0.5, 0.6) is 5.75 Å². The summed E-state index contributed by atoms with van der Waals surface area (Å²) in [5, 5.41) is 9.46. The van der Waals surface area contributed by atoms with Crippen molar-refractivity contribution >= 4 is 11.7 Å². The molecule has 5 rings (SSSR count). The fraction of sp³-hybridized carbons (Fsp3) is 0.269. The van der Waals surface area contributed by atoms with Gasteiger partial charge in [-0.1, -0.05) is 0 Å². The highest BCUT2D eigenvalue weighted by atomic mass is 19.1. The number of hydrogen-bond acceptors (Lipinski definition) is 6. The summed E-state index contributed by atoms with van der Waals surface area (Å²) < 4.78 is 43.4. The summed E-state index contributed by atoms with van der Waals surface area (Å²) >= 11 is 0. The molecule has 1 atom stereocenters. The number of aromatic hydroxyl groups is 1. The molecule has 1 aromatic carbocycles. The molecule has 0 radical (unpaired) electrons. The van der Waals surface area contributed by atoms with E-state index in [1.807, 2.05) is 25.3 Å². The number of pyridine rings is 2. The number of amides is 1. The minimum absolute atomic E-state index is 0.0448. The molecule has 3 aromatic heterocycles. The Bertz CT molecular complexity index is 1420. The molecule has 1 saturated heterocycles. The second kappa shape index (κ2) is 9.54. The van der Waals surface area contributed by atoms with Crippen molar-refractivity contribution in [1.82, 2.24) is 19.3 Å². The van der Waals surface area contributed by atoms with Gasteiger partial charge in [0.15, 0.2) is 0 Å². The van der Waals surface area contributed by atoms with Gasteiger partial charge in [-0.2, -0.15) is 0 Å². The zero-order chi connectivity index (χ0) is 25.4. The first-order valence-corrected chi connectivity index (χ1v) is 11.4. The van der Waals surface area contributed by atoms with E-state index in [-0.39, 0.29) is 35.5 Å². The minimum Gasteiger partial charge on any atom is -0.506 e. The highest BCUT2D eigenvalue weighted by Crippen LogP contribution is 2.34. The van der Waals surface area contributed by atoms with Crippen molar-refractivity contribution in [3.63, 3.8) is 0 Å². The van der Waals surface area contributed by atoms with E-state index in [4.69, 9.17) is 9.47 Å². The molecule has 4 heterocycles. The number of rotatable bonds is 4. The molecule has 0 saturated carbocycles. The lowest BCUT2D eigenvalue weighted by Crippen LogP contribution is -2.46. The van der Waals surface area contributed by atoms with Crippen LogP contribution in [0.1, 0.15) is 11.3 Å². The molecule has 1 amide bonds. The number of methoxy groups -OCH3 is 1. The molecule has 4 aromatic rings. The Labute approximate surface area is 205 Å². The lowest BCUT2D eigenvalue weighted by Gasteiger charge is -2.32. The van der Waals surface area contributed by atoms with Crippen molar-refractivity contribution in [3.8, 4) is 28.3 Å². The van der Waals surface area contributed by atoms with E-state index < -0.39 is 23.8 Å². The maximum atomic E-state index is 15.5. The molecule has 0 bridgehead atoms. The van der Waals surface area contributed by atoms with Gasteiger partial charge in [-0.25, -0.2) is 18.6 Å². The van der Waals surface area contributed by atoms with Crippen LogP contribution in [0, 0.1) is 18.6 Å². The summed E-state index contributed by atoms with van der Waals surface area (Å²) in [7, 11) is 1.32. The topological polar surface area (TPSA) is 89.2 Å². The first-order valence-electron chi connectivity index (χ1n) is 11.4. The van der Waals surface area contributed by atoms with Crippen LogP contribution in [0.4, 0.5) is 13.6 Å². The van der Waals surface area contributed by atoms with Gasteiger partial charge < -0.3 is 23.9 Å². The summed E-state index contributed by atoms with van der Waals surface area (Å²) in [4.78, 5) is 22.2. The van der Waals surface area contributed by atoms with Gasteiger partial charge in [0.1, 0.15) is 23.0 Å². The lowest BCUT2D eigenvalue weighted by atomic mass is 10.0. The zero-order valence-electron chi connectivity index (χ0n) is 19.7. The largest absolute Gasteiger partial charge is 0.506 e. The van der Waals surface area contributed by atoms with Crippen molar-refractivity contribution in [2.24, 2.45) is 0 Å². The number of imidazole rings is 1. The number of halogens is 2. The maximum Gasteiger partial charge on any atom is 0.409 e. The molecule has 10 heteroatoms. The highest BCUT2D eigenvalue weighted by Gasteiger charge is 2.29. The van der Waals surface area contributed by atoms with E-state index in [2.05, 4.69) is 9.97 Å². The Hall–Kier alpha value is -4.05. The quantitative estimate of drug-likeness (QED) is 0.453. The first-order chi connectivity index (χ1) is 17.3. The normalized spacial score (nSPS) is 15.9. The van der Waals surface area contributed by atoms with Gasteiger partial charge in [0.2, 0.25) is 0 Å². The van der Waals surface area contributed by atoms with E-state index in [9.17, 15) is 9.90 Å².